The minimum Gasteiger partial charge on any atom is -0.313 e. The topological polar surface area (TPSA) is 84.7 Å². The molecular weight excluding hydrogens is 340 g/mol. The average Bonchev–Trinajstić information content (AvgIpc) is 3.25. The molecular formula is C17H17ClN6O. The van der Waals surface area contributed by atoms with Gasteiger partial charge >= 0.3 is 0 Å². The van der Waals surface area contributed by atoms with Crippen molar-refractivity contribution in [2.75, 3.05) is 11.9 Å². The number of amides is 1. The van der Waals surface area contributed by atoms with Crippen LogP contribution in [0.1, 0.15) is 35.1 Å². The monoisotopic (exact) mass is 356 g/mol. The summed E-state index contributed by atoms with van der Waals surface area (Å²) < 4.78 is 1.79. The maximum Gasteiger partial charge on any atom is 0.261 e. The maximum atomic E-state index is 12.5. The number of rotatable bonds is 3. The molecule has 8 heteroatoms. The van der Waals surface area contributed by atoms with Gasteiger partial charge in [-0.1, -0.05) is 11.6 Å². The Bertz CT molecular complexity index is 930. The minimum atomic E-state index is -0.296. The van der Waals surface area contributed by atoms with E-state index in [1.165, 1.54) is 0 Å². The normalized spacial score (nSPS) is 17.1. The Balaban J connectivity index is 1.54. The van der Waals surface area contributed by atoms with Gasteiger partial charge in [-0.25, -0.2) is 15.0 Å². The van der Waals surface area contributed by atoms with E-state index in [1.54, 1.807) is 23.0 Å². The van der Waals surface area contributed by atoms with Crippen LogP contribution < -0.4 is 10.6 Å². The Morgan fingerprint density at radius 2 is 2.16 bits per heavy atom. The molecule has 2 aromatic heterocycles. The summed E-state index contributed by atoms with van der Waals surface area (Å²) in [6.45, 7) is 0.979. The van der Waals surface area contributed by atoms with Crippen LogP contribution in [0.15, 0.2) is 30.6 Å². The van der Waals surface area contributed by atoms with Gasteiger partial charge in [0.25, 0.3) is 5.91 Å². The summed E-state index contributed by atoms with van der Waals surface area (Å²) in [5, 5.41) is 6.76. The fourth-order valence-corrected chi connectivity index (χ4v) is 3.15. The lowest BCUT2D eigenvalue weighted by Gasteiger charge is -2.09. The molecule has 1 aromatic carbocycles. The molecule has 3 heterocycles. The van der Waals surface area contributed by atoms with E-state index >= 15 is 0 Å². The SMILES string of the molecule is Cn1c(NC(=O)c2cnc(C3CCCN3)nc2)nc2ccc(Cl)cc21. The van der Waals surface area contributed by atoms with Gasteiger partial charge in [0.15, 0.2) is 0 Å². The van der Waals surface area contributed by atoms with Gasteiger partial charge in [-0.3, -0.25) is 10.1 Å². The molecule has 1 saturated heterocycles. The number of anilines is 1. The van der Waals surface area contributed by atoms with Gasteiger partial charge in [-0.15, -0.1) is 0 Å². The van der Waals surface area contributed by atoms with Gasteiger partial charge in [0.05, 0.1) is 22.6 Å². The molecule has 128 valence electrons. The highest BCUT2D eigenvalue weighted by molar-refractivity contribution is 6.31. The molecule has 3 aromatic rings. The molecule has 1 unspecified atom stereocenters. The Hall–Kier alpha value is -2.51. The molecule has 1 amide bonds. The van der Waals surface area contributed by atoms with Crippen molar-refractivity contribution in [2.45, 2.75) is 18.9 Å². The fraction of sp³-hybridized carbons (Fsp3) is 0.294. The molecule has 1 atom stereocenters. The van der Waals surface area contributed by atoms with Gasteiger partial charge in [0.2, 0.25) is 5.95 Å². The van der Waals surface area contributed by atoms with Gasteiger partial charge in [-0.05, 0) is 37.6 Å². The summed E-state index contributed by atoms with van der Waals surface area (Å²) in [5.74, 6) is 0.880. The summed E-state index contributed by atoms with van der Waals surface area (Å²) in [4.78, 5) is 25.5. The molecule has 4 rings (SSSR count). The summed E-state index contributed by atoms with van der Waals surface area (Å²) in [7, 11) is 1.83. The molecule has 7 nitrogen and oxygen atoms in total. The fourth-order valence-electron chi connectivity index (χ4n) is 2.99. The predicted octanol–water partition coefficient (Wildman–Crippen LogP) is 2.69. The van der Waals surface area contributed by atoms with E-state index in [2.05, 4.69) is 25.6 Å². The Morgan fingerprint density at radius 3 is 2.88 bits per heavy atom. The van der Waals surface area contributed by atoms with E-state index in [1.807, 2.05) is 19.2 Å². The zero-order valence-electron chi connectivity index (χ0n) is 13.7. The summed E-state index contributed by atoms with van der Waals surface area (Å²) in [5.41, 5.74) is 2.01. The number of carbonyl (C=O) groups excluding carboxylic acids is 1. The number of fused-ring (bicyclic) bond motifs is 1. The maximum absolute atomic E-state index is 12.5. The molecule has 25 heavy (non-hydrogen) atoms. The van der Waals surface area contributed by atoms with Crippen LogP contribution in [0.2, 0.25) is 5.02 Å². The van der Waals surface area contributed by atoms with E-state index in [9.17, 15) is 4.79 Å². The summed E-state index contributed by atoms with van der Waals surface area (Å²) in [6, 6.07) is 5.58. The lowest BCUT2D eigenvalue weighted by atomic mass is 10.2. The van der Waals surface area contributed by atoms with Crippen molar-refractivity contribution >= 4 is 34.5 Å². The van der Waals surface area contributed by atoms with Crippen LogP contribution in [-0.4, -0.2) is 32.0 Å². The number of imidazole rings is 1. The summed E-state index contributed by atoms with van der Waals surface area (Å²) >= 11 is 6.02. The molecule has 0 radical (unpaired) electrons. The van der Waals surface area contributed by atoms with E-state index in [0.29, 0.717) is 16.5 Å². The smallest absolute Gasteiger partial charge is 0.261 e. The van der Waals surface area contributed by atoms with Crippen molar-refractivity contribution < 1.29 is 4.79 Å². The molecule has 0 aliphatic carbocycles. The van der Waals surface area contributed by atoms with Crippen LogP contribution in [-0.2, 0) is 7.05 Å². The van der Waals surface area contributed by atoms with Crippen molar-refractivity contribution in [1.82, 2.24) is 24.8 Å². The summed E-state index contributed by atoms with van der Waals surface area (Å²) in [6.07, 6.45) is 5.25. The van der Waals surface area contributed by atoms with Crippen molar-refractivity contribution in [3.05, 3.63) is 47.0 Å². The Morgan fingerprint density at radius 1 is 1.36 bits per heavy atom. The predicted molar refractivity (Wildman–Crippen MR) is 95.7 cm³/mol. The lowest BCUT2D eigenvalue weighted by Crippen LogP contribution is -2.18. The zero-order chi connectivity index (χ0) is 17.4. The first-order valence-electron chi connectivity index (χ1n) is 8.10. The number of hydrogen-bond acceptors (Lipinski definition) is 5. The number of halogens is 1. The number of hydrogen-bond donors (Lipinski definition) is 2. The van der Waals surface area contributed by atoms with E-state index < -0.39 is 0 Å². The Kier molecular flexibility index (Phi) is 4.10. The number of aryl methyl sites for hydroxylation is 1. The minimum absolute atomic E-state index is 0.182. The van der Waals surface area contributed by atoms with Crippen LogP contribution in [0.25, 0.3) is 11.0 Å². The zero-order valence-corrected chi connectivity index (χ0v) is 14.4. The first-order chi connectivity index (χ1) is 12.1. The Labute approximate surface area is 149 Å². The van der Waals surface area contributed by atoms with E-state index in [0.717, 1.165) is 36.2 Å². The third kappa shape index (κ3) is 3.08. The second-order valence-corrected chi connectivity index (χ2v) is 6.50. The highest BCUT2D eigenvalue weighted by Gasteiger charge is 2.19. The van der Waals surface area contributed by atoms with Gasteiger partial charge < -0.3 is 9.88 Å². The number of aromatic nitrogens is 4. The molecule has 2 N–H and O–H groups in total. The number of benzene rings is 1. The van der Waals surface area contributed by atoms with Crippen molar-refractivity contribution in [2.24, 2.45) is 7.05 Å². The van der Waals surface area contributed by atoms with Gasteiger partial charge in [0, 0.05) is 24.5 Å². The van der Waals surface area contributed by atoms with Crippen LogP contribution in [0.3, 0.4) is 0 Å². The number of nitrogens with one attached hydrogen (secondary N) is 2. The van der Waals surface area contributed by atoms with Crippen molar-refractivity contribution in [1.29, 1.82) is 0 Å². The van der Waals surface area contributed by atoms with Crippen LogP contribution in [0, 0.1) is 0 Å². The molecule has 1 aliphatic rings. The van der Waals surface area contributed by atoms with Gasteiger partial charge in [-0.2, -0.15) is 0 Å². The van der Waals surface area contributed by atoms with E-state index in [-0.39, 0.29) is 11.9 Å². The standard InChI is InChI=1S/C17H17ClN6O/c1-24-14-7-11(18)4-5-12(14)22-17(24)23-16(25)10-8-20-15(21-9-10)13-3-2-6-19-13/h4-5,7-9,13,19H,2-3,6H2,1H3,(H,22,23,25). The van der Waals surface area contributed by atoms with Gasteiger partial charge in [0.1, 0.15) is 5.82 Å². The third-order valence-corrected chi connectivity index (χ3v) is 4.61. The van der Waals surface area contributed by atoms with Crippen molar-refractivity contribution in [3.63, 3.8) is 0 Å². The van der Waals surface area contributed by atoms with Crippen LogP contribution >= 0.6 is 11.6 Å². The van der Waals surface area contributed by atoms with E-state index in [4.69, 9.17) is 11.6 Å². The number of nitrogens with zero attached hydrogens (tertiary/aromatic N) is 4. The quantitative estimate of drug-likeness (QED) is 0.753. The largest absolute Gasteiger partial charge is 0.313 e. The van der Waals surface area contributed by atoms with Crippen LogP contribution in [0.5, 0.6) is 0 Å². The van der Waals surface area contributed by atoms with Crippen LogP contribution in [0.4, 0.5) is 5.95 Å². The molecule has 0 spiro atoms. The molecule has 0 bridgehead atoms. The highest BCUT2D eigenvalue weighted by atomic mass is 35.5. The highest BCUT2D eigenvalue weighted by Crippen LogP contribution is 2.22. The second-order valence-electron chi connectivity index (χ2n) is 6.06. The third-order valence-electron chi connectivity index (χ3n) is 4.37. The lowest BCUT2D eigenvalue weighted by molar-refractivity contribution is 0.102. The molecule has 1 aliphatic heterocycles. The average molecular weight is 357 g/mol. The molecule has 1 fully saturated rings. The molecule has 0 saturated carbocycles. The van der Waals surface area contributed by atoms with Crippen molar-refractivity contribution in [3.8, 4) is 0 Å². The second kappa shape index (κ2) is 6.42. The first kappa shape index (κ1) is 16.0. The first-order valence-corrected chi connectivity index (χ1v) is 8.48. The number of carbonyl (C=O) groups is 1.